The average molecular weight is 253 g/mol. The quantitative estimate of drug-likeness (QED) is 0.757. The van der Waals surface area contributed by atoms with E-state index in [1.165, 1.54) is 24.8 Å². The molecule has 2 aromatic rings. The van der Waals surface area contributed by atoms with Gasteiger partial charge in [0.05, 0.1) is 25.8 Å². The Bertz CT molecular complexity index is 481. The highest BCUT2D eigenvalue weighted by Crippen LogP contribution is 2.16. The largest absolute Gasteiger partial charge is 0.469 e. The number of carbonyl (C=O) groups is 1. The zero-order valence-corrected chi connectivity index (χ0v) is 9.95. The second kappa shape index (κ2) is 5.39. The number of thiazole rings is 1. The summed E-state index contributed by atoms with van der Waals surface area (Å²) in [6.07, 6.45) is 1.64. The molecule has 0 radical (unpaired) electrons. The molecule has 0 saturated carbocycles. The molecule has 2 heterocycles. The van der Waals surface area contributed by atoms with E-state index in [1.54, 1.807) is 0 Å². The first-order valence-electron chi connectivity index (χ1n) is 4.87. The van der Waals surface area contributed by atoms with Crippen LogP contribution in [0.1, 0.15) is 11.5 Å². The summed E-state index contributed by atoms with van der Waals surface area (Å²) in [4.78, 5) is 19.2. The Balaban J connectivity index is 1.88. The molecule has 0 unspecified atom stereocenters. The fraction of sp³-hybridized carbons (Fsp3) is 0.333. The number of ether oxygens (including phenoxy) is 1. The number of nitrogens with one attached hydrogen (secondary N) is 2. The van der Waals surface area contributed by atoms with Gasteiger partial charge in [-0.2, -0.15) is 5.10 Å². The highest BCUT2D eigenvalue weighted by atomic mass is 32.1. The number of hydrogen-bond donors (Lipinski definition) is 2. The summed E-state index contributed by atoms with van der Waals surface area (Å²) in [6.45, 7) is 0.519. The standard InChI is InChI=1S/C9H11N5O2S/c1-16-8(15)2-6-4-17-9(13-6)10-3-7-11-5-12-14-7/h4-5H,2-3H2,1H3,(H,10,13)(H,11,12,14). The van der Waals surface area contributed by atoms with Crippen molar-refractivity contribution in [3.63, 3.8) is 0 Å². The minimum absolute atomic E-state index is 0.191. The van der Waals surface area contributed by atoms with Crippen LogP contribution < -0.4 is 5.32 Å². The van der Waals surface area contributed by atoms with E-state index in [0.717, 1.165) is 11.0 Å². The molecule has 0 aliphatic carbocycles. The van der Waals surface area contributed by atoms with Crippen molar-refractivity contribution in [3.8, 4) is 0 Å². The van der Waals surface area contributed by atoms with E-state index in [4.69, 9.17) is 0 Å². The third-order valence-corrected chi connectivity index (χ3v) is 2.83. The lowest BCUT2D eigenvalue weighted by molar-refractivity contribution is -0.139. The van der Waals surface area contributed by atoms with Crippen molar-refractivity contribution >= 4 is 22.4 Å². The molecule has 0 spiro atoms. The Morgan fingerprint density at radius 2 is 2.53 bits per heavy atom. The van der Waals surface area contributed by atoms with Crippen LogP contribution in [0.3, 0.4) is 0 Å². The minimum atomic E-state index is -0.294. The monoisotopic (exact) mass is 253 g/mol. The van der Waals surface area contributed by atoms with Gasteiger partial charge in [0.1, 0.15) is 12.2 Å². The van der Waals surface area contributed by atoms with Gasteiger partial charge in [0.2, 0.25) is 0 Å². The molecule has 90 valence electrons. The molecule has 0 atom stereocenters. The van der Waals surface area contributed by atoms with Gasteiger partial charge in [0.15, 0.2) is 5.13 Å². The molecular weight excluding hydrogens is 242 g/mol. The average Bonchev–Trinajstić information content (AvgIpc) is 2.97. The van der Waals surface area contributed by atoms with E-state index in [1.807, 2.05) is 5.38 Å². The Kier molecular flexibility index (Phi) is 3.66. The fourth-order valence-electron chi connectivity index (χ4n) is 1.16. The lowest BCUT2D eigenvalue weighted by atomic mass is 10.3. The van der Waals surface area contributed by atoms with E-state index in [9.17, 15) is 4.79 Å². The van der Waals surface area contributed by atoms with Crippen molar-refractivity contribution in [1.29, 1.82) is 0 Å². The highest BCUT2D eigenvalue weighted by Gasteiger charge is 2.07. The number of esters is 1. The number of methoxy groups -OCH3 is 1. The topological polar surface area (TPSA) is 92.8 Å². The van der Waals surface area contributed by atoms with Crippen LogP contribution in [0.5, 0.6) is 0 Å². The third-order valence-electron chi connectivity index (χ3n) is 1.98. The number of aromatic nitrogens is 4. The lowest BCUT2D eigenvalue weighted by Gasteiger charge is -1.98. The molecule has 0 saturated heterocycles. The molecule has 7 nitrogen and oxygen atoms in total. The first-order valence-corrected chi connectivity index (χ1v) is 5.75. The summed E-state index contributed by atoms with van der Waals surface area (Å²) < 4.78 is 4.56. The van der Waals surface area contributed by atoms with Crippen LogP contribution in [0.15, 0.2) is 11.7 Å². The second-order valence-electron chi connectivity index (χ2n) is 3.18. The summed E-state index contributed by atoms with van der Waals surface area (Å²) in [5, 5.41) is 12.1. The van der Waals surface area contributed by atoms with E-state index in [0.29, 0.717) is 12.2 Å². The molecule has 8 heteroatoms. The number of anilines is 1. The van der Waals surface area contributed by atoms with Crippen molar-refractivity contribution in [3.05, 3.63) is 23.2 Å². The van der Waals surface area contributed by atoms with Gasteiger partial charge in [0.25, 0.3) is 0 Å². The maximum Gasteiger partial charge on any atom is 0.311 e. The van der Waals surface area contributed by atoms with E-state index in [2.05, 4.69) is 30.2 Å². The van der Waals surface area contributed by atoms with Crippen molar-refractivity contribution in [1.82, 2.24) is 20.2 Å². The highest BCUT2D eigenvalue weighted by molar-refractivity contribution is 7.13. The van der Waals surface area contributed by atoms with Crippen LogP contribution in [-0.4, -0.2) is 33.2 Å². The van der Waals surface area contributed by atoms with Crippen LogP contribution in [0.25, 0.3) is 0 Å². The first kappa shape index (κ1) is 11.5. The number of rotatable bonds is 5. The maximum absolute atomic E-state index is 11.0. The van der Waals surface area contributed by atoms with Gasteiger partial charge >= 0.3 is 5.97 Å². The van der Waals surface area contributed by atoms with Gasteiger partial charge in [-0.1, -0.05) is 0 Å². The molecule has 0 aliphatic heterocycles. The normalized spacial score (nSPS) is 10.2. The summed E-state index contributed by atoms with van der Waals surface area (Å²) >= 11 is 1.43. The van der Waals surface area contributed by atoms with E-state index >= 15 is 0 Å². The molecule has 0 bridgehead atoms. The third kappa shape index (κ3) is 3.25. The van der Waals surface area contributed by atoms with E-state index in [-0.39, 0.29) is 12.4 Å². The van der Waals surface area contributed by atoms with Crippen molar-refractivity contribution in [2.24, 2.45) is 0 Å². The number of H-pyrrole nitrogens is 1. The van der Waals surface area contributed by atoms with Gasteiger partial charge in [-0.15, -0.1) is 11.3 Å². The van der Waals surface area contributed by atoms with Gasteiger partial charge in [-0.05, 0) is 0 Å². The van der Waals surface area contributed by atoms with Gasteiger partial charge in [-0.25, -0.2) is 9.97 Å². The zero-order valence-electron chi connectivity index (χ0n) is 9.14. The number of aromatic amines is 1. The predicted molar refractivity (Wildman–Crippen MR) is 61.5 cm³/mol. The van der Waals surface area contributed by atoms with Crippen LogP contribution in [0, 0.1) is 0 Å². The number of hydrogen-bond acceptors (Lipinski definition) is 7. The molecule has 17 heavy (non-hydrogen) atoms. The van der Waals surface area contributed by atoms with Crippen LogP contribution in [0.4, 0.5) is 5.13 Å². The Labute approximate surface area is 101 Å². The molecule has 0 aromatic carbocycles. The summed E-state index contributed by atoms with van der Waals surface area (Å²) in [6, 6.07) is 0. The van der Waals surface area contributed by atoms with E-state index < -0.39 is 0 Å². The van der Waals surface area contributed by atoms with Gasteiger partial charge < -0.3 is 10.1 Å². The molecule has 0 fully saturated rings. The van der Waals surface area contributed by atoms with Gasteiger partial charge in [-0.3, -0.25) is 9.89 Å². The maximum atomic E-state index is 11.0. The van der Waals surface area contributed by atoms with Crippen molar-refractivity contribution < 1.29 is 9.53 Å². The SMILES string of the molecule is COC(=O)Cc1csc(NCc2ncn[nH]2)n1. The van der Waals surface area contributed by atoms with Crippen LogP contribution >= 0.6 is 11.3 Å². The number of nitrogens with zero attached hydrogens (tertiary/aromatic N) is 3. The smallest absolute Gasteiger partial charge is 0.311 e. The summed E-state index contributed by atoms with van der Waals surface area (Å²) in [5.74, 6) is 0.437. The Morgan fingerprint density at radius 3 is 3.24 bits per heavy atom. The minimum Gasteiger partial charge on any atom is -0.469 e. The Morgan fingerprint density at radius 1 is 1.65 bits per heavy atom. The molecule has 2 aromatic heterocycles. The van der Waals surface area contributed by atoms with Crippen LogP contribution in [0.2, 0.25) is 0 Å². The first-order chi connectivity index (χ1) is 8.28. The molecular formula is C9H11N5O2S. The van der Waals surface area contributed by atoms with Crippen LogP contribution in [-0.2, 0) is 22.5 Å². The molecule has 2 N–H and O–H groups in total. The lowest BCUT2D eigenvalue weighted by Crippen LogP contribution is -2.05. The predicted octanol–water partition coefficient (Wildman–Crippen LogP) is 0.589. The zero-order chi connectivity index (χ0) is 12.1. The fourth-order valence-corrected chi connectivity index (χ4v) is 1.87. The molecule has 0 amide bonds. The summed E-state index contributed by atoms with van der Waals surface area (Å²) in [5.41, 5.74) is 0.696. The second-order valence-corrected chi connectivity index (χ2v) is 4.04. The molecule has 0 aliphatic rings. The van der Waals surface area contributed by atoms with Crippen molar-refractivity contribution in [2.75, 3.05) is 12.4 Å². The molecule has 2 rings (SSSR count). The number of carbonyl (C=O) groups excluding carboxylic acids is 1. The summed E-state index contributed by atoms with van der Waals surface area (Å²) in [7, 11) is 1.36. The Hall–Kier alpha value is -1.96. The van der Waals surface area contributed by atoms with Gasteiger partial charge in [0, 0.05) is 5.38 Å². The van der Waals surface area contributed by atoms with Crippen molar-refractivity contribution in [2.45, 2.75) is 13.0 Å².